The summed E-state index contributed by atoms with van der Waals surface area (Å²) in [5, 5.41) is 115. The summed E-state index contributed by atoms with van der Waals surface area (Å²) < 4.78 is 11.4. The Hall–Kier alpha value is -3.12. The van der Waals surface area contributed by atoms with E-state index in [1.165, 1.54) is 0 Å². The molecule has 3 aliphatic rings. The molecule has 0 spiro atoms. The second-order valence-electron chi connectivity index (χ2n) is 14.5. The molecule has 0 aromatic carbocycles. The Kier molecular flexibility index (Phi) is 12.1. The molecule has 0 bridgehead atoms. The summed E-state index contributed by atoms with van der Waals surface area (Å²) in [6, 6.07) is 0. The smallest absolute Gasteiger partial charge is 0.164 e. The minimum atomic E-state index is -4.54. The number of rotatable bonds is 12. The largest absolute Gasteiger partial charge is 0.394 e. The molecule has 304 valence electrons. The average Bonchev–Trinajstić information content (AvgIpc) is 3.06. The van der Waals surface area contributed by atoms with E-state index in [1.54, 1.807) is 0 Å². The summed E-state index contributed by atoms with van der Waals surface area (Å²) in [5.41, 5.74) is -26.1. The van der Waals surface area contributed by atoms with Crippen LogP contribution in [-0.4, -0.2) is 183 Å². The SMILES string of the molecule is CC(=O)C1(O)C(C(C)=O)(C(C)=O)C(C(C)=O)(C(C)=O)C(O)(C(C)=O)C(C(C)=O)(C2O[C@H](CO)[C@@H](O)[C@H](O)[C@H]2O)C1(C(C)=O)C1O[C@H](CO)[C@@H](O)[C@H](O)[C@H]1O. The Labute approximate surface area is 307 Å². The predicted octanol–water partition coefficient (Wildman–Crippen LogP) is -6.20. The minimum Gasteiger partial charge on any atom is -0.394 e. The Morgan fingerprint density at radius 3 is 0.815 bits per heavy atom. The van der Waals surface area contributed by atoms with Crippen LogP contribution in [0.4, 0.5) is 0 Å². The number of carbonyl (C=O) groups excluding carboxylic acids is 8. The fourth-order valence-corrected chi connectivity index (χ4v) is 10.6. The quantitative estimate of drug-likeness (QED) is 0.0824. The standard InChI is InChI=1S/C34H48O20/c1-11(37)29(12(2)38)30(13(3)39,14(4)40)34(52,18(8)44)32(16(6)42,28-26(50)24(48)22(46)20(10-36)54-28)31(15(5)41,33(29,51)17(7)43)27-25(49)23(47)21(45)19(9-35)53-27/h19-28,35-36,45-52H,9-10H2,1-8H3/t19-,20-,21-,22-,23+,24+,25-,26-,27?,28?,31?,32?,33?,34?/m1/s1. The van der Waals surface area contributed by atoms with Gasteiger partial charge in [-0.3, -0.25) is 38.4 Å². The van der Waals surface area contributed by atoms with Crippen LogP contribution in [0.3, 0.4) is 0 Å². The average molecular weight is 777 g/mol. The first kappa shape index (κ1) is 45.3. The first-order valence-corrected chi connectivity index (χ1v) is 16.8. The van der Waals surface area contributed by atoms with Crippen LogP contribution in [0.2, 0.25) is 0 Å². The summed E-state index contributed by atoms with van der Waals surface area (Å²) in [6.07, 6.45) is -26.3. The van der Waals surface area contributed by atoms with Gasteiger partial charge in [0.05, 0.1) is 13.2 Å². The molecule has 20 heteroatoms. The van der Waals surface area contributed by atoms with E-state index in [0.29, 0.717) is 55.4 Å². The van der Waals surface area contributed by atoms with Gasteiger partial charge >= 0.3 is 0 Å². The molecular formula is C34H48O20. The lowest BCUT2D eigenvalue weighted by atomic mass is 9.23. The zero-order chi connectivity index (χ0) is 42.2. The summed E-state index contributed by atoms with van der Waals surface area (Å²) in [5.74, 6) is -15.3. The van der Waals surface area contributed by atoms with Crippen LogP contribution >= 0.6 is 0 Å². The zero-order valence-electron chi connectivity index (χ0n) is 30.7. The monoisotopic (exact) mass is 776 g/mol. The minimum absolute atomic E-state index is 0.379. The highest BCUT2D eigenvalue weighted by Gasteiger charge is 3.00. The third-order valence-corrected chi connectivity index (χ3v) is 12.3. The number of aliphatic hydroxyl groups excluding tert-OH is 8. The first-order chi connectivity index (χ1) is 24.6. The maximum absolute atomic E-state index is 15.1. The molecule has 2 heterocycles. The van der Waals surface area contributed by atoms with Gasteiger partial charge in [0, 0.05) is 0 Å². The topological polar surface area (TPSA) is 357 Å². The second-order valence-corrected chi connectivity index (χ2v) is 14.5. The van der Waals surface area contributed by atoms with E-state index in [9.17, 15) is 79.8 Å². The van der Waals surface area contributed by atoms with Gasteiger partial charge in [-0.1, -0.05) is 0 Å². The van der Waals surface area contributed by atoms with Gasteiger partial charge in [-0.2, -0.15) is 0 Å². The molecule has 2 aliphatic heterocycles. The van der Waals surface area contributed by atoms with Crippen LogP contribution < -0.4 is 0 Å². The maximum Gasteiger partial charge on any atom is 0.164 e. The Morgan fingerprint density at radius 2 is 0.648 bits per heavy atom. The molecule has 20 nitrogen and oxygen atoms in total. The highest BCUT2D eigenvalue weighted by Crippen LogP contribution is 2.78. The van der Waals surface area contributed by atoms with Gasteiger partial charge < -0.3 is 60.5 Å². The van der Waals surface area contributed by atoms with Crippen LogP contribution in [0.1, 0.15) is 55.4 Å². The highest BCUT2D eigenvalue weighted by molar-refractivity contribution is 6.28. The van der Waals surface area contributed by atoms with Crippen molar-refractivity contribution >= 4 is 46.3 Å². The van der Waals surface area contributed by atoms with E-state index in [1.807, 2.05) is 0 Å². The summed E-state index contributed by atoms with van der Waals surface area (Å²) in [6.45, 7) is 0.557. The molecule has 1 saturated carbocycles. The van der Waals surface area contributed by atoms with Crippen molar-refractivity contribution in [2.75, 3.05) is 13.2 Å². The van der Waals surface area contributed by atoms with Crippen LogP contribution in [0.15, 0.2) is 0 Å². The van der Waals surface area contributed by atoms with Gasteiger partial charge in [-0.05, 0) is 55.4 Å². The van der Waals surface area contributed by atoms with Gasteiger partial charge in [-0.15, -0.1) is 0 Å². The van der Waals surface area contributed by atoms with Gasteiger partial charge in [0.2, 0.25) is 0 Å². The maximum atomic E-state index is 15.1. The number of ketones is 8. The lowest BCUT2D eigenvalue weighted by Crippen LogP contribution is -2.98. The van der Waals surface area contributed by atoms with Crippen molar-refractivity contribution in [3.05, 3.63) is 0 Å². The molecule has 3 fully saturated rings. The predicted molar refractivity (Wildman–Crippen MR) is 173 cm³/mol. The normalized spacial score (nSPS) is 43.1. The van der Waals surface area contributed by atoms with Crippen molar-refractivity contribution in [2.24, 2.45) is 21.7 Å². The van der Waals surface area contributed by atoms with E-state index in [4.69, 9.17) is 9.47 Å². The van der Waals surface area contributed by atoms with E-state index < -0.39 is 153 Å². The van der Waals surface area contributed by atoms with E-state index in [2.05, 4.69) is 0 Å². The zero-order valence-corrected chi connectivity index (χ0v) is 30.7. The first-order valence-electron chi connectivity index (χ1n) is 16.8. The van der Waals surface area contributed by atoms with Crippen LogP contribution in [0.25, 0.3) is 0 Å². The molecule has 6 unspecified atom stereocenters. The third-order valence-electron chi connectivity index (χ3n) is 12.3. The van der Waals surface area contributed by atoms with Gasteiger partial charge in [0.1, 0.15) is 117 Å². The van der Waals surface area contributed by atoms with E-state index >= 15 is 9.59 Å². The molecule has 0 aromatic heterocycles. The number of hydrogen-bond donors (Lipinski definition) is 10. The van der Waals surface area contributed by atoms with Crippen molar-refractivity contribution in [3.8, 4) is 0 Å². The molecule has 3 rings (SSSR count). The molecule has 10 N–H and O–H groups in total. The summed E-state index contributed by atoms with van der Waals surface area (Å²) in [7, 11) is 0. The highest BCUT2D eigenvalue weighted by atomic mass is 16.6. The second kappa shape index (κ2) is 14.4. The molecule has 14 atom stereocenters. The fourth-order valence-electron chi connectivity index (χ4n) is 10.6. The van der Waals surface area contributed by atoms with Crippen LogP contribution in [-0.2, 0) is 47.8 Å². The number of hydrogen-bond acceptors (Lipinski definition) is 20. The molecule has 0 radical (unpaired) electrons. The van der Waals surface area contributed by atoms with Crippen LogP contribution in [0.5, 0.6) is 0 Å². The van der Waals surface area contributed by atoms with Gasteiger partial charge in [0.25, 0.3) is 0 Å². The molecule has 54 heavy (non-hydrogen) atoms. The Bertz CT molecular complexity index is 1490. The lowest BCUT2D eigenvalue weighted by Gasteiger charge is -2.76. The van der Waals surface area contributed by atoms with E-state index in [-0.39, 0.29) is 0 Å². The van der Waals surface area contributed by atoms with Crippen molar-refractivity contribution in [1.82, 2.24) is 0 Å². The summed E-state index contributed by atoms with van der Waals surface area (Å²) >= 11 is 0. The Morgan fingerprint density at radius 1 is 0.407 bits per heavy atom. The molecule has 2 saturated heterocycles. The lowest BCUT2D eigenvalue weighted by molar-refractivity contribution is -0.378. The molecule has 1 aliphatic carbocycles. The van der Waals surface area contributed by atoms with E-state index in [0.717, 1.165) is 0 Å². The number of carbonyl (C=O) groups is 8. The van der Waals surface area contributed by atoms with Crippen molar-refractivity contribution in [1.29, 1.82) is 0 Å². The molecular weight excluding hydrogens is 728 g/mol. The molecule has 0 amide bonds. The van der Waals surface area contributed by atoms with Crippen molar-refractivity contribution in [2.45, 2.75) is 128 Å². The van der Waals surface area contributed by atoms with Crippen molar-refractivity contribution in [3.63, 3.8) is 0 Å². The summed E-state index contributed by atoms with van der Waals surface area (Å²) in [4.78, 5) is 117. The fraction of sp³-hybridized carbons (Fsp3) is 0.765. The van der Waals surface area contributed by atoms with Gasteiger partial charge in [0.15, 0.2) is 22.8 Å². The number of Topliss-reactive ketones (excluding diaryl/α,β-unsaturated/α-hetero) is 8. The molecule has 0 aromatic rings. The Balaban J connectivity index is 3.17. The van der Waals surface area contributed by atoms with Crippen molar-refractivity contribution < 1.29 is 98.9 Å². The number of aliphatic hydroxyl groups is 10. The number of ether oxygens (including phenoxy) is 2. The van der Waals surface area contributed by atoms with Crippen LogP contribution in [0, 0.1) is 21.7 Å². The van der Waals surface area contributed by atoms with Gasteiger partial charge in [-0.25, -0.2) is 0 Å². The third kappa shape index (κ3) is 4.67.